The fourth-order valence-corrected chi connectivity index (χ4v) is 5.08. The van der Waals surface area contributed by atoms with E-state index in [1.54, 1.807) is 11.3 Å². The first-order valence-corrected chi connectivity index (χ1v) is 9.69. The third kappa shape index (κ3) is 2.67. The average Bonchev–Trinajstić information content (AvgIpc) is 3.27. The van der Waals surface area contributed by atoms with Crippen molar-refractivity contribution in [3.05, 3.63) is 58.3 Å². The molecule has 0 bridgehead atoms. The van der Waals surface area contributed by atoms with E-state index in [0.29, 0.717) is 19.5 Å². The maximum Gasteiger partial charge on any atom is 0.254 e. The molecule has 4 rings (SSSR count). The van der Waals surface area contributed by atoms with Gasteiger partial charge >= 0.3 is 0 Å². The van der Waals surface area contributed by atoms with Crippen molar-refractivity contribution in [2.75, 3.05) is 20.1 Å². The van der Waals surface area contributed by atoms with E-state index in [2.05, 4.69) is 12.1 Å². The first-order chi connectivity index (χ1) is 12.1. The molecule has 0 unspecified atom stereocenters. The summed E-state index contributed by atoms with van der Waals surface area (Å²) < 4.78 is 0. The Morgan fingerprint density at radius 2 is 1.88 bits per heavy atom. The quantitative estimate of drug-likeness (QED) is 0.830. The largest absolute Gasteiger partial charge is 0.339 e. The van der Waals surface area contributed by atoms with Crippen LogP contribution < -0.4 is 0 Å². The van der Waals surface area contributed by atoms with E-state index in [1.165, 1.54) is 5.56 Å². The number of piperidine rings is 1. The summed E-state index contributed by atoms with van der Waals surface area (Å²) in [5, 5.41) is 3.85. The minimum atomic E-state index is -0.163. The third-order valence-corrected chi connectivity index (χ3v) is 6.64. The SMILES string of the molecule is CN1C(=O)C[C@@H](c2ccccc2)C12CCN(C(=O)c1ccsc1)CC2. The van der Waals surface area contributed by atoms with Gasteiger partial charge in [0.25, 0.3) is 5.91 Å². The highest BCUT2D eigenvalue weighted by molar-refractivity contribution is 7.08. The molecule has 5 heteroatoms. The van der Waals surface area contributed by atoms with E-state index >= 15 is 0 Å². The first-order valence-electron chi connectivity index (χ1n) is 8.75. The van der Waals surface area contributed by atoms with E-state index in [4.69, 9.17) is 0 Å². The van der Waals surface area contributed by atoms with Crippen LogP contribution in [0.1, 0.15) is 41.1 Å². The number of thiophene rings is 1. The molecule has 0 N–H and O–H groups in total. The molecule has 2 aromatic rings. The highest BCUT2D eigenvalue weighted by Crippen LogP contribution is 2.48. The number of likely N-dealkylation sites (tertiary alicyclic amines) is 2. The summed E-state index contributed by atoms with van der Waals surface area (Å²) >= 11 is 1.55. The van der Waals surface area contributed by atoms with Gasteiger partial charge < -0.3 is 9.80 Å². The lowest BCUT2D eigenvalue weighted by atomic mass is 9.73. The van der Waals surface area contributed by atoms with Gasteiger partial charge in [-0.2, -0.15) is 11.3 Å². The van der Waals surface area contributed by atoms with Crippen LogP contribution in [0.5, 0.6) is 0 Å². The second-order valence-corrected chi connectivity index (χ2v) is 7.81. The number of nitrogens with zero attached hydrogens (tertiary/aromatic N) is 2. The molecule has 2 amide bonds. The zero-order valence-electron chi connectivity index (χ0n) is 14.4. The number of rotatable bonds is 2. The fraction of sp³-hybridized carbons (Fsp3) is 0.400. The third-order valence-electron chi connectivity index (χ3n) is 5.96. The molecule has 2 saturated heterocycles. The van der Waals surface area contributed by atoms with Crippen LogP contribution in [-0.2, 0) is 4.79 Å². The molecular weight excluding hydrogens is 332 g/mol. The van der Waals surface area contributed by atoms with E-state index in [1.807, 2.05) is 51.9 Å². The summed E-state index contributed by atoms with van der Waals surface area (Å²) in [5.74, 6) is 0.537. The van der Waals surface area contributed by atoms with E-state index in [-0.39, 0.29) is 23.3 Å². The minimum absolute atomic E-state index is 0.110. The maximum absolute atomic E-state index is 12.6. The van der Waals surface area contributed by atoms with Gasteiger partial charge in [-0.25, -0.2) is 0 Å². The molecule has 2 fully saturated rings. The Morgan fingerprint density at radius 1 is 1.16 bits per heavy atom. The maximum atomic E-state index is 12.6. The van der Waals surface area contributed by atoms with Crippen LogP contribution in [0.15, 0.2) is 47.2 Å². The fourth-order valence-electron chi connectivity index (χ4n) is 4.45. The van der Waals surface area contributed by atoms with E-state index < -0.39 is 0 Å². The van der Waals surface area contributed by atoms with Gasteiger partial charge in [0.15, 0.2) is 0 Å². The van der Waals surface area contributed by atoms with Crippen molar-refractivity contribution in [2.24, 2.45) is 0 Å². The number of benzene rings is 1. The van der Waals surface area contributed by atoms with Crippen LogP contribution in [0.2, 0.25) is 0 Å². The lowest BCUT2D eigenvalue weighted by Gasteiger charge is -2.46. The number of likely N-dealkylation sites (N-methyl/N-ethyl adjacent to an activating group) is 1. The molecule has 1 aromatic carbocycles. The second-order valence-electron chi connectivity index (χ2n) is 7.03. The summed E-state index contributed by atoms with van der Waals surface area (Å²) in [6.45, 7) is 1.41. The molecule has 0 aliphatic carbocycles. The van der Waals surface area contributed by atoms with Gasteiger partial charge in [0.05, 0.1) is 11.1 Å². The summed E-state index contributed by atoms with van der Waals surface area (Å²) in [5.41, 5.74) is 1.85. The second kappa shape index (κ2) is 6.30. The number of hydrogen-bond donors (Lipinski definition) is 0. The first kappa shape index (κ1) is 16.3. The summed E-state index contributed by atoms with van der Waals surface area (Å²) in [6.07, 6.45) is 2.24. The number of hydrogen-bond acceptors (Lipinski definition) is 3. The Balaban J connectivity index is 1.57. The molecule has 3 heterocycles. The molecule has 2 aliphatic rings. The predicted molar refractivity (Wildman–Crippen MR) is 98.8 cm³/mol. The van der Waals surface area contributed by atoms with Gasteiger partial charge in [-0.3, -0.25) is 9.59 Å². The monoisotopic (exact) mass is 354 g/mol. The van der Waals surface area contributed by atoms with Crippen LogP contribution in [0.3, 0.4) is 0 Å². The lowest BCUT2D eigenvalue weighted by molar-refractivity contribution is -0.130. The van der Waals surface area contributed by atoms with Crippen molar-refractivity contribution < 1.29 is 9.59 Å². The number of carbonyl (C=O) groups excluding carboxylic acids is 2. The van der Waals surface area contributed by atoms with E-state index in [0.717, 1.165) is 18.4 Å². The predicted octanol–water partition coefficient (Wildman–Crippen LogP) is 3.37. The molecule has 4 nitrogen and oxygen atoms in total. The van der Waals surface area contributed by atoms with Gasteiger partial charge in [-0.1, -0.05) is 30.3 Å². The molecule has 0 radical (unpaired) electrons. The van der Waals surface area contributed by atoms with E-state index in [9.17, 15) is 9.59 Å². The van der Waals surface area contributed by atoms with Crippen molar-refractivity contribution in [2.45, 2.75) is 30.7 Å². The van der Waals surface area contributed by atoms with Crippen molar-refractivity contribution >= 4 is 23.2 Å². The molecule has 25 heavy (non-hydrogen) atoms. The highest BCUT2D eigenvalue weighted by atomic mass is 32.1. The van der Waals surface area contributed by atoms with Crippen LogP contribution in [0.25, 0.3) is 0 Å². The average molecular weight is 354 g/mol. The Bertz CT molecular complexity index is 764. The molecule has 1 spiro atoms. The lowest BCUT2D eigenvalue weighted by Crippen LogP contribution is -2.55. The Morgan fingerprint density at radius 3 is 2.52 bits per heavy atom. The summed E-state index contributed by atoms with van der Waals surface area (Å²) in [4.78, 5) is 29.0. The number of carbonyl (C=O) groups is 2. The molecule has 2 aliphatic heterocycles. The van der Waals surface area contributed by atoms with Crippen molar-refractivity contribution in [1.29, 1.82) is 0 Å². The van der Waals surface area contributed by atoms with Gasteiger partial charge in [-0.15, -0.1) is 0 Å². The minimum Gasteiger partial charge on any atom is -0.339 e. The van der Waals surface area contributed by atoms with Crippen LogP contribution in [-0.4, -0.2) is 47.3 Å². The normalized spacial score (nSPS) is 22.6. The summed E-state index contributed by atoms with van der Waals surface area (Å²) in [7, 11) is 1.93. The molecule has 0 saturated carbocycles. The zero-order chi connectivity index (χ0) is 17.4. The van der Waals surface area contributed by atoms with Crippen molar-refractivity contribution in [3.63, 3.8) is 0 Å². The Hall–Kier alpha value is -2.14. The molecular formula is C20H22N2O2S. The standard InChI is InChI=1S/C20H22N2O2S/c1-21-18(23)13-17(15-5-3-2-4-6-15)20(21)8-10-22(11-9-20)19(24)16-7-12-25-14-16/h2-7,12,14,17H,8-11,13H2,1H3/t17-/m0/s1. The molecule has 1 aromatic heterocycles. The van der Waals surface area contributed by atoms with Crippen LogP contribution in [0.4, 0.5) is 0 Å². The van der Waals surface area contributed by atoms with Crippen LogP contribution in [0, 0.1) is 0 Å². The number of amides is 2. The molecule has 1 atom stereocenters. The Kier molecular flexibility index (Phi) is 4.12. The van der Waals surface area contributed by atoms with Gasteiger partial charge in [0, 0.05) is 37.9 Å². The van der Waals surface area contributed by atoms with Crippen LogP contribution >= 0.6 is 11.3 Å². The Labute approximate surface area is 152 Å². The van der Waals surface area contributed by atoms with Crippen molar-refractivity contribution in [3.8, 4) is 0 Å². The summed E-state index contributed by atoms with van der Waals surface area (Å²) in [6, 6.07) is 12.2. The topological polar surface area (TPSA) is 40.6 Å². The highest BCUT2D eigenvalue weighted by Gasteiger charge is 2.52. The van der Waals surface area contributed by atoms with Gasteiger partial charge in [0.1, 0.15) is 0 Å². The smallest absolute Gasteiger partial charge is 0.254 e. The van der Waals surface area contributed by atoms with Gasteiger partial charge in [0.2, 0.25) is 5.91 Å². The van der Waals surface area contributed by atoms with Gasteiger partial charge in [-0.05, 0) is 29.9 Å². The molecule has 130 valence electrons. The van der Waals surface area contributed by atoms with Crippen molar-refractivity contribution in [1.82, 2.24) is 9.80 Å². The zero-order valence-corrected chi connectivity index (χ0v) is 15.2.